The van der Waals surface area contributed by atoms with E-state index < -0.39 is 0 Å². The van der Waals surface area contributed by atoms with Gasteiger partial charge in [0.25, 0.3) is 5.91 Å². The van der Waals surface area contributed by atoms with Gasteiger partial charge in [0, 0.05) is 17.4 Å². The van der Waals surface area contributed by atoms with Gasteiger partial charge in [-0.15, -0.1) is 0 Å². The van der Waals surface area contributed by atoms with E-state index >= 15 is 0 Å². The van der Waals surface area contributed by atoms with Crippen LogP contribution in [0.2, 0.25) is 0 Å². The number of ether oxygens (including phenoxy) is 1. The molecule has 0 bridgehead atoms. The van der Waals surface area contributed by atoms with E-state index in [-0.39, 0.29) is 12.5 Å². The fourth-order valence-corrected chi connectivity index (χ4v) is 2.99. The minimum atomic E-state index is -0.0339. The summed E-state index contributed by atoms with van der Waals surface area (Å²) in [6.07, 6.45) is 5.88. The van der Waals surface area contributed by atoms with Crippen molar-refractivity contribution in [2.24, 2.45) is 0 Å². The van der Waals surface area contributed by atoms with Crippen LogP contribution in [0.3, 0.4) is 0 Å². The van der Waals surface area contributed by atoms with Gasteiger partial charge in [-0.1, -0.05) is 37.5 Å². The normalized spacial score (nSPS) is 14.8. The minimum absolute atomic E-state index is 0.0339. The van der Waals surface area contributed by atoms with Crippen LogP contribution >= 0.6 is 0 Å². The molecule has 2 aromatic carbocycles. The zero-order valence-electron chi connectivity index (χ0n) is 13.8. The van der Waals surface area contributed by atoms with E-state index in [1.165, 1.54) is 19.3 Å². The second-order valence-corrected chi connectivity index (χ2v) is 6.21. The third-order valence-corrected chi connectivity index (χ3v) is 4.26. The van der Waals surface area contributed by atoms with Gasteiger partial charge in [0.2, 0.25) is 0 Å². The summed E-state index contributed by atoms with van der Waals surface area (Å²) in [4.78, 5) is 11.9. The van der Waals surface area contributed by atoms with Gasteiger partial charge in [0.1, 0.15) is 5.75 Å². The maximum atomic E-state index is 11.9. The average molecular weight is 324 g/mol. The number of nitrogens with one attached hydrogen (secondary N) is 2. The second kappa shape index (κ2) is 8.39. The molecule has 2 aromatic rings. The standard InChI is InChI=1S/C20H24N2O2/c23-20(22-17-9-5-2-6-10-17)15-24-19-13-11-18(12-14-19)21-16-7-3-1-4-8-16/h1,3-4,7-8,11-14,17,21H,2,5-6,9-10,15H2,(H,22,23). The van der Waals surface area contributed by atoms with Gasteiger partial charge in [-0.05, 0) is 49.2 Å². The number of carbonyl (C=O) groups is 1. The Kier molecular flexibility index (Phi) is 5.72. The molecule has 1 saturated carbocycles. The summed E-state index contributed by atoms with van der Waals surface area (Å²) in [5, 5.41) is 6.37. The summed E-state index contributed by atoms with van der Waals surface area (Å²) in [6.45, 7) is 0.0714. The van der Waals surface area contributed by atoms with E-state index in [1.807, 2.05) is 54.6 Å². The van der Waals surface area contributed by atoms with Crippen LogP contribution < -0.4 is 15.4 Å². The molecule has 24 heavy (non-hydrogen) atoms. The van der Waals surface area contributed by atoms with E-state index in [0.29, 0.717) is 11.8 Å². The van der Waals surface area contributed by atoms with Gasteiger partial charge >= 0.3 is 0 Å². The van der Waals surface area contributed by atoms with Gasteiger partial charge in [0.15, 0.2) is 6.61 Å². The van der Waals surface area contributed by atoms with Crippen molar-refractivity contribution < 1.29 is 9.53 Å². The maximum absolute atomic E-state index is 11.9. The highest BCUT2D eigenvalue weighted by Gasteiger charge is 2.15. The van der Waals surface area contributed by atoms with Crippen molar-refractivity contribution in [3.8, 4) is 5.75 Å². The molecule has 4 heteroatoms. The van der Waals surface area contributed by atoms with Gasteiger partial charge in [-0.25, -0.2) is 0 Å². The quantitative estimate of drug-likeness (QED) is 0.835. The largest absolute Gasteiger partial charge is 0.484 e. The minimum Gasteiger partial charge on any atom is -0.484 e. The van der Waals surface area contributed by atoms with Crippen molar-refractivity contribution in [1.82, 2.24) is 5.32 Å². The van der Waals surface area contributed by atoms with Crippen molar-refractivity contribution >= 4 is 17.3 Å². The molecule has 1 aliphatic rings. The van der Waals surface area contributed by atoms with Crippen molar-refractivity contribution in [1.29, 1.82) is 0 Å². The molecule has 1 fully saturated rings. The third-order valence-electron chi connectivity index (χ3n) is 4.26. The number of benzene rings is 2. The summed E-state index contributed by atoms with van der Waals surface area (Å²) >= 11 is 0. The Morgan fingerprint density at radius 2 is 1.58 bits per heavy atom. The topological polar surface area (TPSA) is 50.4 Å². The molecule has 2 N–H and O–H groups in total. The highest BCUT2D eigenvalue weighted by Crippen LogP contribution is 2.20. The Morgan fingerprint density at radius 1 is 0.917 bits per heavy atom. The van der Waals surface area contributed by atoms with Crippen molar-refractivity contribution in [2.45, 2.75) is 38.1 Å². The van der Waals surface area contributed by atoms with Crippen LogP contribution in [-0.4, -0.2) is 18.6 Å². The maximum Gasteiger partial charge on any atom is 0.258 e. The molecule has 0 heterocycles. The molecule has 0 saturated heterocycles. The first kappa shape index (κ1) is 16.4. The zero-order valence-corrected chi connectivity index (χ0v) is 13.8. The van der Waals surface area contributed by atoms with E-state index in [0.717, 1.165) is 24.2 Å². The monoisotopic (exact) mass is 324 g/mol. The fourth-order valence-electron chi connectivity index (χ4n) is 2.99. The summed E-state index contributed by atoms with van der Waals surface area (Å²) in [5.41, 5.74) is 2.03. The second-order valence-electron chi connectivity index (χ2n) is 6.21. The SMILES string of the molecule is O=C(COc1ccc(Nc2ccccc2)cc1)NC1CCCCC1. The highest BCUT2D eigenvalue weighted by atomic mass is 16.5. The van der Waals surface area contributed by atoms with Crippen LogP contribution in [0, 0.1) is 0 Å². The van der Waals surface area contributed by atoms with Crippen LogP contribution in [-0.2, 0) is 4.79 Å². The smallest absolute Gasteiger partial charge is 0.258 e. The molecular weight excluding hydrogens is 300 g/mol. The Bertz CT molecular complexity index is 634. The predicted octanol–water partition coefficient (Wildman–Crippen LogP) is 4.26. The van der Waals surface area contributed by atoms with Gasteiger partial charge in [-0.2, -0.15) is 0 Å². The summed E-state index contributed by atoms with van der Waals surface area (Å²) in [5.74, 6) is 0.667. The zero-order chi connectivity index (χ0) is 16.6. The average Bonchev–Trinajstić information content (AvgIpc) is 2.63. The first-order chi connectivity index (χ1) is 11.8. The molecule has 4 nitrogen and oxygen atoms in total. The lowest BCUT2D eigenvalue weighted by Crippen LogP contribution is -2.38. The van der Waals surface area contributed by atoms with Crippen LogP contribution in [0.25, 0.3) is 0 Å². The summed E-state index contributed by atoms with van der Waals surface area (Å²) in [6, 6.07) is 18.0. The van der Waals surface area contributed by atoms with Crippen LogP contribution in [0.15, 0.2) is 54.6 Å². The number of amides is 1. The molecule has 0 spiro atoms. The van der Waals surface area contributed by atoms with Gasteiger partial charge in [-0.3, -0.25) is 4.79 Å². The number of para-hydroxylation sites is 1. The lowest BCUT2D eigenvalue weighted by atomic mass is 9.95. The molecule has 0 unspecified atom stereocenters. The van der Waals surface area contributed by atoms with Crippen molar-refractivity contribution in [3.63, 3.8) is 0 Å². The first-order valence-corrected chi connectivity index (χ1v) is 8.64. The van der Waals surface area contributed by atoms with Crippen LogP contribution in [0.1, 0.15) is 32.1 Å². The molecule has 3 rings (SSSR count). The molecule has 1 aliphatic carbocycles. The van der Waals surface area contributed by atoms with E-state index in [4.69, 9.17) is 4.74 Å². The number of anilines is 2. The first-order valence-electron chi connectivity index (χ1n) is 8.64. The predicted molar refractivity (Wildman–Crippen MR) is 96.7 cm³/mol. The summed E-state index contributed by atoms with van der Waals surface area (Å²) < 4.78 is 5.57. The van der Waals surface area contributed by atoms with Crippen LogP contribution in [0.4, 0.5) is 11.4 Å². The Labute approximate surface area is 143 Å². The number of rotatable bonds is 6. The number of hydrogen-bond acceptors (Lipinski definition) is 3. The molecule has 0 aliphatic heterocycles. The molecular formula is C20H24N2O2. The van der Waals surface area contributed by atoms with Gasteiger partial charge in [0.05, 0.1) is 0 Å². The van der Waals surface area contributed by atoms with Crippen LogP contribution in [0.5, 0.6) is 5.75 Å². The molecule has 0 atom stereocenters. The Hall–Kier alpha value is -2.49. The molecule has 126 valence electrons. The summed E-state index contributed by atoms with van der Waals surface area (Å²) in [7, 11) is 0. The van der Waals surface area contributed by atoms with Gasteiger partial charge < -0.3 is 15.4 Å². The van der Waals surface area contributed by atoms with Crippen molar-refractivity contribution in [3.05, 3.63) is 54.6 Å². The third kappa shape index (κ3) is 5.01. The van der Waals surface area contributed by atoms with Crippen molar-refractivity contribution in [2.75, 3.05) is 11.9 Å². The number of carbonyl (C=O) groups excluding carboxylic acids is 1. The highest BCUT2D eigenvalue weighted by molar-refractivity contribution is 5.77. The number of hydrogen-bond donors (Lipinski definition) is 2. The molecule has 0 aromatic heterocycles. The molecule has 1 amide bonds. The Balaban J connectivity index is 1.44. The lowest BCUT2D eigenvalue weighted by molar-refractivity contribution is -0.124. The van der Waals surface area contributed by atoms with E-state index in [2.05, 4.69) is 10.6 Å². The Morgan fingerprint density at radius 3 is 2.29 bits per heavy atom. The van der Waals surface area contributed by atoms with E-state index in [9.17, 15) is 4.79 Å². The van der Waals surface area contributed by atoms with E-state index in [1.54, 1.807) is 0 Å². The fraction of sp³-hybridized carbons (Fsp3) is 0.350. The lowest BCUT2D eigenvalue weighted by Gasteiger charge is -2.22. The molecule has 0 radical (unpaired) electrons.